The molecular formula is C13H13F4NO2. The molecule has 1 fully saturated rings. The van der Waals surface area contributed by atoms with Gasteiger partial charge >= 0.3 is 12.1 Å². The van der Waals surface area contributed by atoms with E-state index in [-0.39, 0.29) is 31.6 Å². The smallest absolute Gasteiger partial charge is 0.391 e. The van der Waals surface area contributed by atoms with E-state index >= 15 is 0 Å². The molecule has 1 saturated heterocycles. The van der Waals surface area contributed by atoms with Crippen molar-refractivity contribution in [3.05, 3.63) is 29.6 Å². The molecule has 7 heteroatoms. The van der Waals surface area contributed by atoms with Crippen LogP contribution in [0.15, 0.2) is 18.2 Å². The number of nitrogens with zero attached hydrogens (tertiary/aromatic N) is 1. The summed E-state index contributed by atoms with van der Waals surface area (Å²) < 4.78 is 51.2. The van der Waals surface area contributed by atoms with Crippen LogP contribution in [0.1, 0.15) is 23.2 Å². The van der Waals surface area contributed by atoms with Gasteiger partial charge in [-0.2, -0.15) is 13.2 Å². The van der Waals surface area contributed by atoms with E-state index in [0.717, 1.165) is 6.07 Å². The Balaban J connectivity index is 2.19. The van der Waals surface area contributed by atoms with Crippen LogP contribution in [0.4, 0.5) is 23.2 Å². The maximum absolute atomic E-state index is 13.5. The quantitative estimate of drug-likeness (QED) is 0.850. The lowest BCUT2D eigenvalue weighted by Gasteiger charge is -2.35. The van der Waals surface area contributed by atoms with Gasteiger partial charge in [-0.3, -0.25) is 0 Å². The van der Waals surface area contributed by atoms with Crippen molar-refractivity contribution in [1.29, 1.82) is 0 Å². The van der Waals surface area contributed by atoms with Crippen LogP contribution in [0.25, 0.3) is 0 Å². The number of carboxylic acids is 1. The minimum absolute atomic E-state index is 0.0634. The molecule has 0 saturated carbocycles. The van der Waals surface area contributed by atoms with Crippen molar-refractivity contribution in [2.24, 2.45) is 5.92 Å². The van der Waals surface area contributed by atoms with Gasteiger partial charge < -0.3 is 10.0 Å². The number of hydrogen-bond acceptors (Lipinski definition) is 2. The third-order valence-corrected chi connectivity index (χ3v) is 3.50. The first kappa shape index (κ1) is 14.6. The average molecular weight is 291 g/mol. The van der Waals surface area contributed by atoms with Gasteiger partial charge in [-0.25, -0.2) is 9.18 Å². The Kier molecular flexibility index (Phi) is 3.87. The van der Waals surface area contributed by atoms with Crippen molar-refractivity contribution in [2.45, 2.75) is 19.0 Å². The summed E-state index contributed by atoms with van der Waals surface area (Å²) in [4.78, 5) is 12.6. The minimum atomic E-state index is -4.23. The second kappa shape index (κ2) is 5.30. The largest absolute Gasteiger partial charge is 0.478 e. The van der Waals surface area contributed by atoms with Gasteiger partial charge in [0.2, 0.25) is 0 Å². The van der Waals surface area contributed by atoms with E-state index in [4.69, 9.17) is 5.11 Å². The van der Waals surface area contributed by atoms with Crippen LogP contribution in [-0.2, 0) is 0 Å². The van der Waals surface area contributed by atoms with Crippen molar-refractivity contribution in [3.8, 4) is 0 Å². The van der Waals surface area contributed by atoms with Gasteiger partial charge in [-0.15, -0.1) is 0 Å². The number of carboxylic acid groups (broad SMARTS) is 1. The van der Waals surface area contributed by atoms with Crippen molar-refractivity contribution in [2.75, 3.05) is 18.0 Å². The van der Waals surface area contributed by atoms with Crippen LogP contribution in [0.5, 0.6) is 0 Å². The average Bonchev–Trinajstić information content (AvgIpc) is 2.37. The number of benzene rings is 1. The molecule has 20 heavy (non-hydrogen) atoms. The van der Waals surface area contributed by atoms with E-state index in [1.54, 1.807) is 0 Å². The number of hydrogen-bond donors (Lipinski definition) is 1. The molecule has 0 aromatic heterocycles. The Bertz CT molecular complexity index is 508. The molecule has 110 valence electrons. The molecule has 0 aliphatic carbocycles. The number of carbonyl (C=O) groups is 1. The molecule has 1 N–H and O–H groups in total. The standard InChI is InChI=1S/C13H13F4NO2/c14-9-2-1-3-10(11(9)12(19)20)18-6-4-8(5-7-18)13(15,16)17/h1-3,8H,4-7H2,(H,19,20). The van der Waals surface area contributed by atoms with E-state index in [9.17, 15) is 22.4 Å². The molecule has 0 atom stereocenters. The van der Waals surface area contributed by atoms with Gasteiger partial charge in [0.15, 0.2) is 0 Å². The first-order valence-corrected chi connectivity index (χ1v) is 6.14. The minimum Gasteiger partial charge on any atom is -0.478 e. The fraction of sp³-hybridized carbons (Fsp3) is 0.462. The first-order valence-electron chi connectivity index (χ1n) is 6.14. The molecule has 1 aliphatic rings. The summed E-state index contributed by atoms with van der Waals surface area (Å²) >= 11 is 0. The molecule has 1 aliphatic heterocycles. The van der Waals surface area contributed by atoms with Gasteiger partial charge in [0.05, 0.1) is 11.6 Å². The normalized spacial score (nSPS) is 17.3. The summed E-state index contributed by atoms with van der Waals surface area (Å²) in [5.74, 6) is -3.68. The SMILES string of the molecule is O=C(O)c1c(F)cccc1N1CCC(C(F)(F)F)CC1. The highest BCUT2D eigenvalue weighted by Crippen LogP contribution is 2.36. The molecule has 1 heterocycles. The zero-order valence-electron chi connectivity index (χ0n) is 10.5. The first-order chi connectivity index (χ1) is 9.30. The predicted octanol–water partition coefficient (Wildman–Crippen LogP) is 3.30. The molecule has 0 unspecified atom stereocenters. The molecule has 3 nitrogen and oxygen atoms in total. The van der Waals surface area contributed by atoms with Gasteiger partial charge in [-0.1, -0.05) is 6.07 Å². The predicted molar refractivity (Wildman–Crippen MR) is 64.4 cm³/mol. The fourth-order valence-electron chi connectivity index (χ4n) is 2.44. The monoisotopic (exact) mass is 291 g/mol. The second-order valence-corrected chi connectivity index (χ2v) is 4.74. The van der Waals surface area contributed by atoms with Crippen molar-refractivity contribution < 1.29 is 27.5 Å². The van der Waals surface area contributed by atoms with Gasteiger partial charge in [0.25, 0.3) is 0 Å². The summed E-state index contributed by atoms with van der Waals surface area (Å²) in [6.45, 7) is 0.127. The zero-order valence-corrected chi connectivity index (χ0v) is 10.5. The van der Waals surface area contributed by atoms with Crippen LogP contribution >= 0.6 is 0 Å². The van der Waals surface area contributed by atoms with E-state index < -0.39 is 29.4 Å². The van der Waals surface area contributed by atoms with Gasteiger partial charge in [-0.05, 0) is 25.0 Å². The highest BCUT2D eigenvalue weighted by molar-refractivity contribution is 5.94. The maximum atomic E-state index is 13.5. The molecule has 1 aromatic rings. The van der Waals surface area contributed by atoms with Crippen LogP contribution < -0.4 is 4.90 Å². The Morgan fingerprint density at radius 2 is 1.85 bits per heavy atom. The lowest BCUT2D eigenvalue weighted by molar-refractivity contribution is -0.179. The molecule has 0 amide bonds. The topological polar surface area (TPSA) is 40.5 Å². The van der Waals surface area contributed by atoms with Crippen molar-refractivity contribution >= 4 is 11.7 Å². The summed E-state index contributed by atoms with van der Waals surface area (Å²) in [6.07, 6.45) is -4.46. The number of piperidine rings is 1. The van der Waals surface area contributed by atoms with Crippen LogP contribution in [-0.4, -0.2) is 30.3 Å². The lowest BCUT2D eigenvalue weighted by Crippen LogP contribution is -2.39. The summed E-state index contributed by atoms with van der Waals surface area (Å²) in [5.41, 5.74) is -0.351. The van der Waals surface area contributed by atoms with Gasteiger partial charge in [0.1, 0.15) is 11.4 Å². The molecule has 1 aromatic carbocycles. The summed E-state index contributed by atoms with van der Waals surface area (Å²) in [6, 6.07) is 3.79. The summed E-state index contributed by atoms with van der Waals surface area (Å²) in [5, 5.41) is 9.01. The van der Waals surface area contributed by atoms with E-state index in [1.807, 2.05) is 0 Å². The summed E-state index contributed by atoms with van der Waals surface area (Å²) in [7, 11) is 0. The van der Waals surface area contributed by atoms with Crippen LogP contribution in [0, 0.1) is 11.7 Å². The number of anilines is 1. The Morgan fingerprint density at radius 3 is 2.35 bits per heavy atom. The van der Waals surface area contributed by atoms with E-state index in [1.165, 1.54) is 17.0 Å². The molecule has 0 radical (unpaired) electrons. The number of aromatic carboxylic acids is 1. The van der Waals surface area contributed by atoms with E-state index in [0.29, 0.717) is 0 Å². The fourth-order valence-corrected chi connectivity index (χ4v) is 2.44. The highest BCUT2D eigenvalue weighted by atomic mass is 19.4. The molecule has 0 spiro atoms. The van der Waals surface area contributed by atoms with Crippen LogP contribution in [0.2, 0.25) is 0 Å². The van der Waals surface area contributed by atoms with Crippen LogP contribution in [0.3, 0.4) is 0 Å². The van der Waals surface area contributed by atoms with Crippen molar-refractivity contribution in [3.63, 3.8) is 0 Å². The lowest BCUT2D eigenvalue weighted by atomic mass is 9.95. The number of halogens is 4. The Hall–Kier alpha value is -1.79. The molecular weight excluding hydrogens is 278 g/mol. The number of rotatable bonds is 2. The van der Waals surface area contributed by atoms with Crippen molar-refractivity contribution in [1.82, 2.24) is 0 Å². The Labute approximate surface area is 112 Å². The van der Waals surface area contributed by atoms with E-state index in [2.05, 4.69) is 0 Å². The number of alkyl halides is 3. The maximum Gasteiger partial charge on any atom is 0.391 e. The second-order valence-electron chi connectivity index (χ2n) is 4.74. The molecule has 2 rings (SSSR count). The highest BCUT2D eigenvalue weighted by Gasteiger charge is 2.41. The van der Waals surface area contributed by atoms with Gasteiger partial charge in [0, 0.05) is 13.1 Å². The third-order valence-electron chi connectivity index (χ3n) is 3.50. The zero-order chi connectivity index (χ0) is 14.9. The Morgan fingerprint density at radius 1 is 1.25 bits per heavy atom. The molecule has 0 bridgehead atoms. The third kappa shape index (κ3) is 2.86.